The summed E-state index contributed by atoms with van der Waals surface area (Å²) in [5, 5.41) is 3.26. The standard InChI is InChI=1S/C15H17BrN2O/c1-10(2)11-4-6-13(14(8-11)19-3)18-15-7-5-12(16)9-17-15/h4-10H,1-3H3,(H,17,18). The number of anilines is 2. The van der Waals surface area contributed by atoms with E-state index in [0.29, 0.717) is 5.92 Å². The second-order valence-electron chi connectivity index (χ2n) is 4.60. The second kappa shape index (κ2) is 6.06. The molecule has 3 nitrogen and oxygen atoms in total. The molecular formula is C15H17BrN2O. The lowest BCUT2D eigenvalue weighted by molar-refractivity contribution is 0.416. The van der Waals surface area contributed by atoms with E-state index in [2.05, 4.69) is 52.2 Å². The minimum Gasteiger partial charge on any atom is -0.495 e. The largest absolute Gasteiger partial charge is 0.495 e. The summed E-state index contributed by atoms with van der Waals surface area (Å²) < 4.78 is 6.39. The molecule has 0 bridgehead atoms. The van der Waals surface area contributed by atoms with Crippen molar-refractivity contribution >= 4 is 27.4 Å². The van der Waals surface area contributed by atoms with Crippen LogP contribution in [-0.2, 0) is 0 Å². The quantitative estimate of drug-likeness (QED) is 0.885. The van der Waals surface area contributed by atoms with Crippen LogP contribution < -0.4 is 10.1 Å². The molecule has 0 radical (unpaired) electrons. The van der Waals surface area contributed by atoms with Gasteiger partial charge in [0.05, 0.1) is 12.8 Å². The Morgan fingerprint density at radius 1 is 1.21 bits per heavy atom. The van der Waals surface area contributed by atoms with Crippen LogP contribution in [0.2, 0.25) is 0 Å². The van der Waals surface area contributed by atoms with Crippen molar-refractivity contribution in [3.8, 4) is 5.75 Å². The number of halogens is 1. The zero-order chi connectivity index (χ0) is 13.8. The van der Waals surface area contributed by atoms with Gasteiger partial charge < -0.3 is 10.1 Å². The molecule has 2 rings (SSSR count). The molecule has 0 aliphatic heterocycles. The number of methoxy groups -OCH3 is 1. The normalized spacial score (nSPS) is 10.6. The molecule has 0 fully saturated rings. The van der Waals surface area contributed by atoms with Gasteiger partial charge in [-0.15, -0.1) is 0 Å². The van der Waals surface area contributed by atoms with Crippen molar-refractivity contribution in [1.29, 1.82) is 0 Å². The number of benzene rings is 1. The van der Waals surface area contributed by atoms with Gasteiger partial charge in [-0.1, -0.05) is 19.9 Å². The fourth-order valence-corrected chi connectivity index (χ4v) is 1.99. The lowest BCUT2D eigenvalue weighted by Gasteiger charge is -2.13. The van der Waals surface area contributed by atoms with Gasteiger partial charge >= 0.3 is 0 Å². The zero-order valence-corrected chi connectivity index (χ0v) is 12.9. The van der Waals surface area contributed by atoms with E-state index in [-0.39, 0.29) is 0 Å². The topological polar surface area (TPSA) is 34.1 Å². The Labute approximate surface area is 122 Å². The maximum absolute atomic E-state index is 5.43. The van der Waals surface area contributed by atoms with Gasteiger partial charge in [-0.25, -0.2) is 4.98 Å². The molecule has 0 amide bonds. The second-order valence-corrected chi connectivity index (χ2v) is 5.52. The number of pyridine rings is 1. The molecular weight excluding hydrogens is 304 g/mol. The van der Waals surface area contributed by atoms with E-state index in [1.807, 2.05) is 18.2 Å². The molecule has 0 unspecified atom stereocenters. The molecule has 19 heavy (non-hydrogen) atoms. The van der Waals surface area contributed by atoms with Crippen molar-refractivity contribution in [2.45, 2.75) is 19.8 Å². The Balaban J connectivity index is 2.27. The van der Waals surface area contributed by atoms with Gasteiger partial charge in [0.2, 0.25) is 0 Å². The van der Waals surface area contributed by atoms with E-state index in [0.717, 1.165) is 21.7 Å². The molecule has 0 aliphatic carbocycles. The number of aromatic nitrogens is 1. The van der Waals surface area contributed by atoms with Crippen LogP contribution in [0.3, 0.4) is 0 Å². The van der Waals surface area contributed by atoms with E-state index in [4.69, 9.17) is 4.74 Å². The Morgan fingerprint density at radius 3 is 2.58 bits per heavy atom. The third-order valence-electron chi connectivity index (χ3n) is 2.88. The van der Waals surface area contributed by atoms with E-state index >= 15 is 0 Å². The SMILES string of the molecule is COc1cc(C(C)C)ccc1Nc1ccc(Br)cn1. The molecule has 0 atom stereocenters. The highest BCUT2D eigenvalue weighted by Gasteiger charge is 2.07. The predicted molar refractivity (Wildman–Crippen MR) is 82.3 cm³/mol. The molecule has 1 aromatic carbocycles. The molecule has 0 saturated carbocycles. The smallest absolute Gasteiger partial charge is 0.142 e. The van der Waals surface area contributed by atoms with Gasteiger partial charge in [-0.05, 0) is 51.7 Å². The van der Waals surface area contributed by atoms with Crippen molar-refractivity contribution in [3.05, 3.63) is 46.6 Å². The lowest BCUT2D eigenvalue weighted by atomic mass is 10.0. The van der Waals surface area contributed by atoms with Crippen molar-refractivity contribution in [3.63, 3.8) is 0 Å². The van der Waals surface area contributed by atoms with Crippen molar-refractivity contribution in [2.24, 2.45) is 0 Å². The van der Waals surface area contributed by atoms with Crippen LogP contribution in [0.15, 0.2) is 41.0 Å². The van der Waals surface area contributed by atoms with Crippen LogP contribution in [0.25, 0.3) is 0 Å². The van der Waals surface area contributed by atoms with Crippen molar-refractivity contribution < 1.29 is 4.74 Å². The first-order valence-electron chi connectivity index (χ1n) is 6.16. The Hall–Kier alpha value is -1.55. The first kappa shape index (κ1) is 13.9. The average molecular weight is 321 g/mol. The first-order valence-corrected chi connectivity index (χ1v) is 6.96. The Kier molecular flexibility index (Phi) is 4.43. The number of hydrogen-bond donors (Lipinski definition) is 1. The summed E-state index contributed by atoms with van der Waals surface area (Å²) in [5.74, 6) is 2.10. The highest BCUT2D eigenvalue weighted by molar-refractivity contribution is 9.10. The molecule has 0 aliphatic rings. The highest BCUT2D eigenvalue weighted by Crippen LogP contribution is 2.30. The third-order valence-corrected chi connectivity index (χ3v) is 3.35. The predicted octanol–water partition coefficient (Wildman–Crippen LogP) is 4.72. The monoisotopic (exact) mass is 320 g/mol. The van der Waals surface area contributed by atoms with Gasteiger partial charge in [-0.2, -0.15) is 0 Å². The molecule has 2 aromatic rings. The fraction of sp³-hybridized carbons (Fsp3) is 0.267. The average Bonchev–Trinajstić information content (AvgIpc) is 2.41. The van der Waals surface area contributed by atoms with E-state index in [9.17, 15) is 0 Å². The maximum Gasteiger partial charge on any atom is 0.142 e. The zero-order valence-electron chi connectivity index (χ0n) is 11.3. The highest BCUT2D eigenvalue weighted by atomic mass is 79.9. The van der Waals surface area contributed by atoms with Crippen LogP contribution in [0.4, 0.5) is 11.5 Å². The van der Waals surface area contributed by atoms with Gasteiger partial charge in [-0.3, -0.25) is 0 Å². The summed E-state index contributed by atoms with van der Waals surface area (Å²) >= 11 is 3.37. The van der Waals surface area contributed by atoms with Crippen molar-refractivity contribution in [1.82, 2.24) is 4.98 Å². The summed E-state index contributed by atoms with van der Waals surface area (Å²) in [7, 11) is 1.68. The summed E-state index contributed by atoms with van der Waals surface area (Å²) in [6.07, 6.45) is 1.76. The van der Waals surface area contributed by atoms with Gasteiger partial charge in [0.25, 0.3) is 0 Å². The third kappa shape index (κ3) is 3.47. The molecule has 100 valence electrons. The minimum atomic E-state index is 0.480. The molecule has 0 spiro atoms. The van der Waals surface area contributed by atoms with Crippen LogP contribution in [-0.4, -0.2) is 12.1 Å². The number of rotatable bonds is 4. The van der Waals surface area contributed by atoms with Crippen LogP contribution in [0.1, 0.15) is 25.3 Å². The lowest BCUT2D eigenvalue weighted by Crippen LogP contribution is -1.98. The van der Waals surface area contributed by atoms with Gasteiger partial charge in [0.15, 0.2) is 0 Å². The summed E-state index contributed by atoms with van der Waals surface area (Å²) in [6.45, 7) is 4.33. The Bertz CT molecular complexity index is 553. The molecule has 1 aromatic heterocycles. The van der Waals surface area contributed by atoms with E-state index < -0.39 is 0 Å². The number of nitrogens with zero attached hydrogens (tertiary/aromatic N) is 1. The number of ether oxygens (including phenoxy) is 1. The van der Waals surface area contributed by atoms with Crippen LogP contribution >= 0.6 is 15.9 Å². The molecule has 4 heteroatoms. The van der Waals surface area contributed by atoms with Gasteiger partial charge in [0.1, 0.15) is 11.6 Å². The van der Waals surface area contributed by atoms with Crippen molar-refractivity contribution in [2.75, 3.05) is 12.4 Å². The van der Waals surface area contributed by atoms with Crippen LogP contribution in [0.5, 0.6) is 5.75 Å². The summed E-state index contributed by atoms with van der Waals surface area (Å²) in [4.78, 5) is 4.29. The van der Waals surface area contributed by atoms with E-state index in [1.54, 1.807) is 13.3 Å². The number of nitrogens with one attached hydrogen (secondary N) is 1. The molecule has 0 saturated heterocycles. The molecule has 1 N–H and O–H groups in total. The first-order chi connectivity index (χ1) is 9.10. The van der Waals surface area contributed by atoms with E-state index in [1.165, 1.54) is 5.56 Å². The minimum absolute atomic E-state index is 0.480. The number of hydrogen-bond acceptors (Lipinski definition) is 3. The molecule has 1 heterocycles. The maximum atomic E-state index is 5.43. The fourth-order valence-electron chi connectivity index (χ4n) is 1.76. The summed E-state index contributed by atoms with van der Waals surface area (Å²) in [6, 6.07) is 10.1. The van der Waals surface area contributed by atoms with Gasteiger partial charge in [0, 0.05) is 10.7 Å². The Morgan fingerprint density at radius 2 is 2.00 bits per heavy atom. The summed E-state index contributed by atoms with van der Waals surface area (Å²) in [5.41, 5.74) is 2.17. The van der Waals surface area contributed by atoms with Crippen LogP contribution in [0, 0.1) is 0 Å².